The predicted molar refractivity (Wildman–Crippen MR) is 103 cm³/mol. The molecule has 2 aromatic carbocycles. The highest BCUT2D eigenvalue weighted by atomic mass is 35.5. The molecule has 1 heterocycles. The molecule has 0 atom stereocenters. The highest BCUT2D eigenvalue weighted by molar-refractivity contribution is 6.30. The van der Waals surface area contributed by atoms with Crippen LogP contribution < -0.4 is 10.9 Å². The molecule has 0 bridgehead atoms. The van der Waals surface area contributed by atoms with Crippen molar-refractivity contribution in [3.05, 3.63) is 81.2 Å². The van der Waals surface area contributed by atoms with E-state index in [0.717, 1.165) is 11.1 Å². The Morgan fingerprint density at radius 1 is 1.08 bits per heavy atom. The summed E-state index contributed by atoms with van der Waals surface area (Å²) in [6.45, 7) is 3.59. The van der Waals surface area contributed by atoms with Gasteiger partial charge in [0.1, 0.15) is 12.4 Å². The van der Waals surface area contributed by atoms with Gasteiger partial charge in [0.25, 0.3) is 5.56 Å². The smallest absolute Gasteiger partial charge is 0.254 e. The highest BCUT2D eigenvalue weighted by Crippen LogP contribution is 2.19. The van der Waals surface area contributed by atoms with E-state index < -0.39 is 0 Å². The number of anilines is 1. The van der Waals surface area contributed by atoms with Crippen molar-refractivity contribution in [1.82, 2.24) is 9.55 Å². The SMILES string of the molecule is Cc1ccc(NC(=O)Cn2c(-c3ccc(Cl)cc3)nc(C)cc2=O)cc1. The fraction of sp³-hybridized carbons (Fsp3) is 0.150. The summed E-state index contributed by atoms with van der Waals surface area (Å²) in [6, 6.07) is 15.9. The molecule has 0 saturated carbocycles. The number of nitrogens with zero attached hydrogens (tertiary/aromatic N) is 2. The number of benzene rings is 2. The van der Waals surface area contributed by atoms with Crippen molar-refractivity contribution in [2.75, 3.05) is 5.32 Å². The molecule has 0 spiro atoms. The van der Waals surface area contributed by atoms with E-state index in [1.54, 1.807) is 31.2 Å². The fourth-order valence-electron chi connectivity index (χ4n) is 2.57. The Bertz CT molecular complexity index is 993. The van der Waals surface area contributed by atoms with E-state index in [9.17, 15) is 9.59 Å². The molecule has 3 rings (SSSR count). The Kier molecular flexibility index (Phi) is 5.19. The Balaban J connectivity index is 1.91. The van der Waals surface area contributed by atoms with Crippen LogP contribution >= 0.6 is 11.6 Å². The van der Waals surface area contributed by atoms with Gasteiger partial charge in [0.15, 0.2) is 0 Å². The minimum atomic E-state index is -0.295. The standard InChI is InChI=1S/C20H18ClN3O2/c1-13-3-9-17(10-4-13)23-18(25)12-24-19(26)11-14(2)22-20(24)15-5-7-16(21)8-6-15/h3-11H,12H2,1-2H3,(H,23,25). The zero-order valence-corrected chi connectivity index (χ0v) is 15.2. The molecule has 1 amide bonds. The van der Waals surface area contributed by atoms with Crippen LogP contribution in [0.15, 0.2) is 59.4 Å². The number of aromatic nitrogens is 2. The molecular weight excluding hydrogens is 350 g/mol. The van der Waals surface area contributed by atoms with Crippen molar-refractivity contribution < 1.29 is 4.79 Å². The number of nitrogens with one attached hydrogen (secondary N) is 1. The van der Waals surface area contributed by atoms with Crippen molar-refractivity contribution in [3.8, 4) is 11.4 Å². The number of hydrogen-bond acceptors (Lipinski definition) is 3. The van der Waals surface area contributed by atoms with E-state index in [0.29, 0.717) is 22.2 Å². The highest BCUT2D eigenvalue weighted by Gasteiger charge is 2.13. The van der Waals surface area contributed by atoms with Gasteiger partial charge >= 0.3 is 0 Å². The average molecular weight is 368 g/mol. The summed E-state index contributed by atoms with van der Waals surface area (Å²) in [7, 11) is 0. The van der Waals surface area contributed by atoms with Gasteiger partial charge in [-0.2, -0.15) is 0 Å². The Morgan fingerprint density at radius 3 is 2.38 bits per heavy atom. The number of halogens is 1. The summed E-state index contributed by atoms with van der Waals surface area (Å²) in [5.41, 5.74) is 2.82. The molecule has 6 heteroatoms. The van der Waals surface area contributed by atoms with Crippen molar-refractivity contribution in [1.29, 1.82) is 0 Å². The van der Waals surface area contributed by atoms with Crippen LogP contribution in [0.25, 0.3) is 11.4 Å². The quantitative estimate of drug-likeness (QED) is 0.762. The summed E-state index contributed by atoms with van der Waals surface area (Å²) >= 11 is 5.93. The maximum atomic E-state index is 12.5. The third-order valence-electron chi connectivity index (χ3n) is 3.88. The first-order valence-corrected chi connectivity index (χ1v) is 8.51. The normalized spacial score (nSPS) is 10.6. The van der Waals surface area contributed by atoms with Gasteiger partial charge in [0.2, 0.25) is 5.91 Å². The topological polar surface area (TPSA) is 64.0 Å². The van der Waals surface area contributed by atoms with E-state index in [2.05, 4.69) is 10.3 Å². The Labute approximate surface area is 156 Å². The molecule has 3 aromatic rings. The molecule has 5 nitrogen and oxygen atoms in total. The predicted octanol–water partition coefficient (Wildman–Crippen LogP) is 3.82. The van der Waals surface area contributed by atoms with Crippen molar-refractivity contribution in [3.63, 3.8) is 0 Å². The third kappa shape index (κ3) is 4.18. The number of aryl methyl sites for hydroxylation is 2. The van der Waals surface area contributed by atoms with E-state index in [4.69, 9.17) is 11.6 Å². The van der Waals surface area contributed by atoms with Crippen molar-refractivity contribution >= 4 is 23.2 Å². The van der Waals surface area contributed by atoms with Crippen LogP contribution in [-0.2, 0) is 11.3 Å². The Hall–Kier alpha value is -2.92. The van der Waals surface area contributed by atoms with Gasteiger partial charge in [0.05, 0.1) is 0 Å². The van der Waals surface area contributed by atoms with Gasteiger partial charge in [-0.05, 0) is 50.2 Å². The summed E-state index contributed by atoms with van der Waals surface area (Å²) in [4.78, 5) is 29.3. The van der Waals surface area contributed by atoms with Crippen LogP contribution in [0, 0.1) is 13.8 Å². The van der Waals surface area contributed by atoms with E-state index in [-0.39, 0.29) is 18.0 Å². The summed E-state index contributed by atoms with van der Waals surface area (Å²) in [5.74, 6) is 0.141. The molecule has 1 N–H and O–H groups in total. The van der Waals surface area contributed by atoms with Gasteiger partial charge in [-0.1, -0.05) is 29.3 Å². The average Bonchev–Trinajstić information content (AvgIpc) is 2.60. The van der Waals surface area contributed by atoms with Crippen LogP contribution in [-0.4, -0.2) is 15.5 Å². The van der Waals surface area contributed by atoms with Gasteiger partial charge < -0.3 is 5.32 Å². The van der Waals surface area contributed by atoms with Gasteiger partial charge in [-0.3, -0.25) is 14.2 Å². The number of carbonyl (C=O) groups excluding carboxylic acids is 1. The molecule has 0 aliphatic carbocycles. The molecule has 0 aliphatic rings. The number of rotatable bonds is 4. The second-order valence-electron chi connectivity index (χ2n) is 6.07. The maximum Gasteiger partial charge on any atom is 0.254 e. The first-order chi connectivity index (χ1) is 12.4. The lowest BCUT2D eigenvalue weighted by molar-refractivity contribution is -0.116. The molecule has 0 unspecified atom stereocenters. The minimum Gasteiger partial charge on any atom is -0.325 e. The molecule has 26 heavy (non-hydrogen) atoms. The zero-order valence-electron chi connectivity index (χ0n) is 14.5. The number of carbonyl (C=O) groups is 1. The maximum absolute atomic E-state index is 12.5. The van der Waals surface area contributed by atoms with Crippen LogP contribution in [0.1, 0.15) is 11.3 Å². The molecule has 0 radical (unpaired) electrons. The van der Waals surface area contributed by atoms with E-state index in [1.165, 1.54) is 10.6 Å². The van der Waals surface area contributed by atoms with Crippen molar-refractivity contribution in [2.24, 2.45) is 0 Å². The molecule has 0 aliphatic heterocycles. The van der Waals surface area contributed by atoms with Crippen LogP contribution in [0.2, 0.25) is 5.02 Å². The first kappa shape index (κ1) is 17.9. The second kappa shape index (κ2) is 7.54. The van der Waals surface area contributed by atoms with Crippen LogP contribution in [0.4, 0.5) is 5.69 Å². The van der Waals surface area contributed by atoms with Gasteiger partial charge in [-0.15, -0.1) is 0 Å². The minimum absolute atomic E-state index is 0.127. The molecule has 0 saturated heterocycles. The Morgan fingerprint density at radius 2 is 1.73 bits per heavy atom. The van der Waals surface area contributed by atoms with Crippen LogP contribution in [0.5, 0.6) is 0 Å². The molecule has 1 aromatic heterocycles. The largest absolute Gasteiger partial charge is 0.325 e. The number of amides is 1. The summed E-state index contributed by atoms with van der Waals surface area (Å²) < 4.78 is 1.36. The second-order valence-corrected chi connectivity index (χ2v) is 6.50. The number of hydrogen-bond donors (Lipinski definition) is 1. The molecule has 132 valence electrons. The van der Waals surface area contributed by atoms with Crippen LogP contribution in [0.3, 0.4) is 0 Å². The van der Waals surface area contributed by atoms with Gasteiger partial charge in [0, 0.05) is 28.0 Å². The zero-order chi connectivity index (χ0) is 18.7. The van der Waals surface area contributed by atoms with E-state index in [1.807, 2.05) is 31.2 Å². The molecular formula is C20H18ClN3O2. The summed E-state index contributed by atoms with van der Waals surface area (Å²) in [5, 5.41) is 3.39. The summed E-state index contributed by atoms with van der Waals surface area (Å²) in [6.07, 6.45) is 0. The first-order valence-electron chi connectivity index (χ1n) is 8.13. The third-order valence-corrected chi connectivity index (χ3v) is 4.13. The lowest BCUT2D eigenvalue weighted by Gasteiger charge is -2.13. The van der Waals surface area contributed by atoms with E-state index >= 15 is 0 Å². The van der Waals surface area contributed by atoms with Gasteiger partial charge in [-0.25, -0.2) is 4.98 Å². The monoisotopic (exact) mass is 367 g/mol. The lowest BCUT2D eigenvalue weighted by atomic mass is 10.2. The fourth-order valence-corrected chi connectivity index (χ4v) is 2.70. The van der Waals surface area contributed by atoms with Crippen molar-refractivity contribution in [2.45, 2.75) is 20.4 Å². The lowest BCUT2D eigenvalue weighted by Crippen LogP contribution is -2.29. The molecule has 0 fully saturated rings.